The van der Waals surface area contributed by atoms with Crippen molar-refractivity contribution in [3.8, 4) is 0 Å². The van der Waals surface area contributed by atoms with Crippen LogP contribution in [-0.2, 0) is 9.59 Å². The molecule has 6 N–H and O–H groups in total. The van der Waals surface area contributed by atoms with E-state index < -0.39 is 34.9 Å². The molecule has 2 aromatic carbocycles. The van der Waals surface area contributed by atoms with E-state index in [1.165, 1.54) is 12.4 Å². The number of pyridine rings is 2. The first kappa shape index (κ1) is 52.5. The number of hydrogen-bond donors (Lipinski definition) is 6. The van der Waals surface area contributed by atoms with Gasteiger partial charge in [0.05, 0.1) is 58.4 Å². The molecule has 8 atom stereocenters. The number of hydrogen-bond acceptors (Lipinski definition) is 8. The lowest BCUT2D eigenvalue weighted by Crippen LogP contribution is -2.46. The van der Waals surface area contributed by atoms with Crippen LogP contribution in [0.5, 0.6) is 0 Å². The summed E-state index contributed by atoms with van der Waals surface area (Å²) in [4.78, 5) is 34.8. The topological polar surface area (TPSA) is 165 Å². The quantitative estimate of drug-likeness (QED) is 0.0424. The molecule has 0 radical (unpaired) electrons. The molecule has 2 amide bonds. The second-order valence-electron chi connectivity index (χ2n) is 16.1. The molecule has 0 spiro atoms. The summed E-state index contributed by atoms with van der Waals surface area (Å²) < 4.78 is 0. The normalized spacial score (nSPS) is 16.1. The Labute approximate surface area is 386 Å². The van der Waals surface area contributed by atoms with Crippen LogP contribution in [0.3, 0.4) is 0 Å². The lowest BCUT2D eigenvalue weighted by molar-refractivity contribution is -0.133. The Morgan fingerprint density at radius 2 is 0.952 bits per heavy atom. The van der Waals surface area contributed by atoms with Gasteiger partial charge < -0.3 is 31.1 Å². The molecule has 2 aromatic heterocycles. The van der Waals surface area contributed by atoms with Crippen molar-refractivity contribution in [3.63, 3.8) is 0 Å². The average molecular weight is 931 g/mol. The molecule has 10 nitrogen and oxygen atoms in total. The van der Waals surface area contributed by atoms with Crippen LogP contribution >= 0.6 is 46.4 Å². The number of aromatic nitrogens is 2. The molecule has 0 saturated heterocycles. The number of aliphatic hydroxyl groups excluding tert-OH is 4. The molecule has 62 heavy (non-hydrogen) atoms. The van der Waals surface area contributed by atoms with E-state index in [2.05, 4.69) is 33.8 Å². The van der Waals surface area contributed by atoms with Crippen LogP contribution in [0.4, 0.5) is 0 Å². The summed E-state index contributed by atoms with van der Waals surface area (Å²) in [6, 6.07) is 16.8. The van der Waals surface area contributed by atoms with E-state index in [-0.39, 0.29) is 37.1 Å². The van der Waals surface area contributed by atoms with Crippen LogP contribution in [0.1, 0.15) is 113 Å². The summed E-state index contributed by atoms with van der Waals surface area (Å²) >= 11 is 24.4. The highest BCUT2D eigenvalue weighted by Gasteiger charge is 2.40. The Kier molecular flexibility index (Phi) is 21.6. The van der Waals surface area contributed by atoms with E-state index in [9.17, 15) is 30.0 Å². The lowest BCUT2D eigenvalue weighted by atomic mass is 9.73. The highest BCUT2D eigenvalue weighted by molar-refractivity contribution is 6.31. The number of carbonyl (C=O) groups is 2. The van der Waals surface area contributed by atoms with Crippen molar-refractivity contribution in [1.82, 2.24) is 20.6 Å². The van der Waals surface area contributed by atoms with Crippen molar-refractivity contribution in [2.75, 3.05) is 13.2 Å². The first-order valence-corrected chi connectivity index (χ1v) is 22.1. The van der Waals surface area contributed by atoms with Gasteiger partial charge >= 0.3 is 0 Å². The average Bonchev–Trinajstić information content (AvgIpc) is 3.26. The Hall–Kier alpha value is -3.84. The fraction of sp³-hybridized carbons (Fsp3) is 0.417. The Bertz CT molecular complexity index is 1890. The number of carbonyl (C=O) groups excluding carboxylic acids is 2. The third-order valence-corrected chi connectivity index (χ3v) is 12.1. The van der Waals surface area contributed by atoms with Gasteiger partial charge in [-0.25, -0.2) is 0 Å². The van der Waals surface area contributed by atoms with Gasteiger partial charge in [-0.3, -0.25) is 19.6 Å². The molecule has 4 rings (SSSR count). The Morgan fingerprint density at radius 1 is 0.613 bits per heavy atom. The van der Waals surface area contributed by atoms with E-state index in [1.54, 1.807) is 85.2 Å². The van der Waals surface area contributed by atoms with Gasteiger partial charge in [0.2, 0.25) is 11.8 Å². The largest absolute Gasteiger partial charge is 0.394 e. The molecule has 0 saturated carbocycles. The van der Waals surface area contributed by atoms with E-state index in [1.807, 2.05) is 27.7 Å². The number of aliphatic hydroxyl groups is 4. The van der Waals surface area contributed by atoms with Gasteiger partial charge in [-0.2, -0.15) is 0 Å². The molecular formula is C48H60Cl4N4O6. The zero-order valence-corrected chi connectivity index (χ0v) is 38.8. The summed E-state index contributed by atoms with van der Waals surface area (Å²) in [6.45, 7) is 14.8. The second-order valence-corrected chi connectivity index (χ2v) is 17.9. The molecule has 0 fully saturated rings. The van der Waals surface area contributed by atoms with Crippen LogP contribution in [0.2, 0.25) is 20.1 Å². The van der Waals surface area contributed by atoms with Gasteiger partial charge in [-0.15, -0.1) is 13.2 Å². The number of rotatable bonds is 22. The predicted octanol–water partition coefficient (Wildman–Crippen LogP) is 10.1. The number of allylic oxidation sites excluding steroid dienone is 2. The van der Waals surface area contributed by atoms with Crippen LogP contribution < -0.4 is 10.6 Å². The zero-order valence-electron chi connectivity index (χ0n) is 35.8. The predicted molar refractivity (Wildman–Crippen MR) is 250 cm³/mol. The molecule has 2 heterocycles. The maximum Gasteiger partial charge on any atom is 0.226 e. The lowest BCUT2D eigenvalue weighted by Gasteiger charge is -2.35. The van der Waals surface area contributed by atoms with Crippen molar-refractivity contribution >= 4 is 58.2 Å². The molecule has 0 unspecified atom stereocenters. The smallest absolute Gasteiger partial charge is 0.226 e. The van der Waals surface area contributed by atoms with Crippen molar-refractivity contribution in [1.29, 1.82) is 0 Å². The number of nitrogens with one attached hydrogen (secondary N) is 2. The molecule has 336 valence electrons. The Balaban J connectivity index is 0.000000330. The molecule has 0 bridgehead atoms. The standard InChI is InChI=1S/2C24H30Cl2N2O3/c2*1-4-10-24(3,23(31)28-20(5-2)15-29)12-21(17-11-19(26)14-27-13-17)22(30)16-6-8-18(25)9-7-16/h2*4,6-9,11,13-14,20-22,29-30H,1,5,10,12,15H2,2-3H3,(H,28,31)/t20-,21+,22-,24-;20-,21-,22+,24+/m00/s1. The minimum Gasteiger partial charge on any atom is -0.394 e. The number of halogens is 4. The van der Waals surface area contributed by atoms with Crippen molar-refractivity contribution in [2.24, 2.45) is 10.8 Å². The highest BCUT2D eigenvalue weighted by atomic mass is 35.5. The van der Waals surface area contributed by atoms with Gasteiger partial charge in [0, 0.05) is 46.7 Å². The van der Waals surface area contributed by atoms with Crippen molar-refractivity contribution in [2.45, 2.75) is 102 Å². The zero-order chi connectivity index (χ0) is 46.0. The molecule has 0 aliphatic rings. The van der Waals surface area contributed by atoms with E-state index in [0.717, 1.165) is 11.1 Å². The number of nitrogens with zero attached hydrogens (tertiary/aromatic N) is 2. The van der Waals surface area contributed by atoms with E-state index in [4.69, 9.17) is 46.4 Å². The SMILES string of the molecule is C=CC[C@@](C)(C[C@H](c1cncc(Cl)c1)[C@@H](O)c1ccc(Cl)cc1)C(=O)N[C@@H](CC)CO.C=CC[C@](C)(C[C@@H](c1cncc(Cl)c1)[C@H](O)c1ccc(Cl)cc1)C(=O)N[C@@H](CC)CO. The van der Waals surface area contributed by atoms with E-state index in [0.29, 0.717) is 69.7 Å². The van der Waals surface area contributed by atoms with Crippen molar-refractivity contribution < 1.29 is 30.0 Å². The summed E-state index contributed by atoms with van der Waals surface area (Å²) in [5.41, 5.74) is 1.07. The van der Waals surface area contributed by atoms with Gasteiger partial charge in [0.25, 0.3) is 0 Å². The number of amides is 2. The monoisotopic (exact) mass is 928 g/mol. The summed E-state index contributed by atoms with van der Waals surface area (Å²) in [5, 5.41) is 49.5. The van der Waals surface area contributed by atoms with Crippen LogP contribution in [0.25, 0.3) is 0 Å². The highest BCUT2D eigenvalue weighted by Crippen LogP contribution is 2.44. The fourth-order valence-electron chi connectivity index (χ4n) is 7.29. The molecule has 4 aromatic rings. The van der Waals surface area contributed by atoms with Crippen molar-refractivity contribution in [3.05, 3.63) is 153 Å². The molecular weight excluding hydrogens is 870 g/mol. The minimum atomic E-state index is -0.908. The van der Waals surface area contributed by atoms with E-state index >= 15 is 0 Å². The minimum absolute atomic E-state index is 0.137. The summed E-state index contributed by atoms with van der Waals surface area (Å²) in [5.74, 6) is -1.32. The molecule has 14 heteroatoms. The first-order chi connectivity index (χ1) is 29.5. The van der Waals surface area contributed by atoms with Crippen LogP contribution in [0, 0.1) is 10.8 Å². The van der Waals surface area contributed by atoms with Crippen LogP contribution in [-0.4, -0.2) is 67.5 Å². The maximum absolute atomic E-state index is 13.2. The second kappa shape index (κ2) is 25.5. The van der Waals surface area contributed by atoms with Gasteiger partial charge in [-0.05, 0) is 97.2 Å². The van der Waals surface area contributed by atoms with Gasteiger partial charge in [0.15, 0.2) is 0 Å². The van der Waals surface area contributed by atoms with Crippen LogP contribution in [0.15, 0.2) is 111 Å². The third-order valence-electron chi connectivity index (χ3n) is 11.2. The first-order valence-electron chi connectivity index (χ1n) is 20.6. The summed E-state index contributed by atoms with van der Waals surface area (Å²) in [6.07, 6.45) is 10.6. The Morgan fingerprint density at radius 3 is 1.23 bits per heavy atom. The fourth-order valence-corrected chi connectivity index (χ4v) is 7.91. The molecule has 0 aliphatic carbocycles. The maximum atomic E-state index is 13.2. The van der Waals surface area contributed by atoms with Gasteiger partial charge in [0.1, 0.15) is 0 Å². The van der Waals surface area contributed by atoms with Gasteiger partial charge in [-0.1, -0.05) is 111 Å². The number of benzene rings is 2. The third kappa shape index (κ3) is 15.2. The summed E-state index contributed by atoms with van der Waals surface area (Å²) in [7, 11) is 0. The molecule has 0 aliphatic heterocycles.